The molecule has 0 radical (unpaired) electrons. The van der Waals surface area contributed by atoms with Crippen molar-refractivity contribution in [3.63, 3.8) is 0 Å². The third-order valence-electron chi connectivity index (χ3n) is 4.77. The van der Waals surface area contributed by atoms with Gasteiger partial charge < -0.3 is 24.7 Å². The first-order valence-electron chi connectivity index (χ1n) is 10.1. The second-order valence-corrected chi connectivity index (χ2v) is 8.81. The van der Waals surface area contributed by atoms with Gasteiger partial charge in [-0.05, 0) is 31.9 Å². The van der Waals surface area contributed by atoms with E-state index in [0.29, 0.717) is 6.61 Å². The summed E-state index contributed by atoms with van der Waals surface area (Å²) in [7, 11) is 2.14. The summed E-state index contributed by atoms with van der Waals surface area (Å²) in [4.78, 5) is 34.2. The number of hydrogen-bond donors (Lipinski definition) is 2. The molecule has 1 aromatic rings. The highest BCUT2D eigenvalue weighted by atomic mass is 32.2. The fourth-order valence-corrected chi connectivity index (χ4v) is 4.91. The topological polar surface area (TPSA) is 133 Å². The van der Waals surface area contributed by atoms with Gasteiger partial charge in [0.05, 0.1) is 17.8 Å². The van der Waals surface area contributed by atoms with Crippen molar-refractivity contribution in [1.29, 1.82) is 0 Å². The van der Waals surface area contributed by atoms with Gasteiger partial charge in [0.25, 0.3) is 0 Å². The van der Waals surface area contributed by atoms with Crippen molar-refractivity contribution in [1.82, 2.24) is 18.5 Å². The van der Waals surface area contributed by atoms with Gasteiger partial charge in [-0.25, -0.2) is 14.4 Å². The van der Waals surface area contributed by atoms with Gasteiger partial charge in [-0.15, -0.1) is 11.8 Å². The molecular formula is C19H28N4O6S2. The summed E-state index contributed by atoms with van der Waals surface area (Å²) in [5, 5.41) is 15.8. The predicted molar refractivity (Wildman–Crippen MR) is 117 cm³/mol. The fourth-order valence-electron chi connectivity index (χ4n) is 3.28. The number of cyclic esters (lactones) is 1. The lowest BCUT2D eigenvalue weighted by Crippen LogP contribution is -2.34. The largest absolute Gasteiger partial charge is 0.473 e. The van der Waals surface area contributed by atoms with Crippen LogP contribution in [0.4, 0.5) is 4.79 Å². The number of carbonyl (C=O) groups excluding carboxylic acids is 1. The number of aromatic nitrogens is 2. The van der Waals surface area contributed by atoms with Crippen molar-refractivity contribution in [3.05, 3.63) is 11.8 Å². The highest BCUT2D eigenvalue weighted by molar-refractivity contribution is 7.99. The lowest BCUT2D eigenvalue weighted by atomic mass is 10.1. The van der Waals surface area contributed by atoms with Crippen molar-refractivity contribution in [2.75, 3.05) is 39.0 Å². The van der Waals surface area contributed by atoms with Crippen LogP contribution in [0.25, 0.3) is 5.57 Å². The van der Waals surface area contributed by atoms with Crippen LogP contribution in [0.5, 0.6) is 0 Å². The van der Waals surface area contributed by atoms with Gasteiger partial charge in [-0.2, -0.15) is 8.75 Å². The summed E-state index contributed by atoms with van der Waals surface area (Å²) in [6, 6.07) is 0.252. The number of aliphatic carboxylic acids is 2. The highest BCUT2D eigenvalue weighted by Gasteiger charge is 2.31. The smallest absolute Gasteiger partial charge is 0.414 e. The molecule has 1 aromatic heterocycles. The molecule has 3 rings (SSSR count). The molecule has 0 bridgehead atoms. The van der Waals surface area contributed by atoms with Gasteiger partial charge in [0.15, 0.2) is 0 Å². The molecule has 31 heavy (non-hydrogen) atoms. The number of ether oxygens (including phenoxy) is 1. The Labute approximate surface area is 189 Å². The van der Waals surface area contributed by atoms with E-state index in [0.717, 1.165) is 61.8 Å². The molecule has 1 unspecified atom stereocenters. The molecule has 2 aliphatic rings. The normalized spacial score (nSPS) is 18.8. The van der Waals surface area contributed by atoms with Gasteiger partial charge in [-0.1, -0.05) is 19.4 Å². The Kier molecular flexibility index (Phi) is 10.2. The maximum absolute atomic E-state index is 11.8. The van der Waals surface area contributed by atoms with Crippen LogP contribution in [-0.2, 0) is 14.3 Å². The Bertz CT molecular complexity index is 788. The molecule has 172 valence electrons. The molecule has 1 saturated heterocycles. The van der Waals surface area contributed by atoms with E-state index in [2.05, 4.69) is 33.7 Å². The molecule has 0 aliphatic carbocycles. The van der Waals surface area contributed by atoms with Crippen molar-refractivity contribution >= 4 is 47.1 Å². The predicted octanol–water partition coefficient (Wildman–Crippen LogP) is 2.52. The Balaban J connectivity index is 0.000000501. The molecule has 2 N–H and O–H groups in total. The number of carbonyl (C=O) groups is 3. The molecule has 0 aromatic carbocycles. The Morgan fingerprint density at radius 3 is 2.71 bits per heavy atom. The van der Waals surface area contributed by atoms with Gasteiger partial charge in [0.2, 0.25) is 0 Å². The molecule has 1 amide bonds. The van der Waals surface area contributed by atoms with E-state index in [9.17, 15) is 4.79 Å². The minimum Gasteiger partial charge on any atom is -0.473 e. The minimum atomic E-state index is -1.82. The van der Waals surface area contributed by atoms with Gasteiger partial charge >= 0.3 is 18.0 Å². The minimum absolute atomic E-state index is 0.158. The van der Waals surface area contributed by atoms with E-state index in [-0.39, 0.29) is 12.1 Å². The average Bonchev–Trinajstić information content (AvgIpc) is 3.33. The van der Waals surface area contributed by atoms with E-state index in [1.165, 1.54) is 17.3 Å². The van der Waals surface area contributed by atoms with Gasteiger partial charge in [0, 0.05) is 25.4 Å². The molecule has 2 aliphatic heterocycles. The summed E-state index contributed by atoms with van der Waals surface area (Å²) in [5.41, 5.74) is 2.34. The van der Waals surface area contributed by atoms with Crippen LogP contribution in [0.15, 0.2) is 11.1 Å². The summed E-state index contributed by atoms with van der Waals surface area (Å²) >= 11 is 3.03. The van der Waals surface area contributed by atoms with Crippen molar-refractivity contribution in [3.8, 4) is 0 Å². The number of rotatable bonds is 8. The number of carboxylic acid groups (broad SMARTS) is 2. The Morgan fingerprint density at radius 1 is 1.32 bits per heavy atom. The maximum atomic E-state index is 11.8. The highest BCUT2D eigenvalue weighted by Crippen LogP contribution is 2.29. The fraction of sp³-hybridized carbons (Fsp3) is 0.632. The molecule has 0 spiro atoms. The first-order chi connectivity index (χ1) is 14.8. The molecule has 1 atom stereocenters. The lowest BCUT2D eigenvalue weighted by molar-refractivity contribution is -0.159. The molecular weight excluding hydrogens is 444 g/mol. The van der Waals surface area contributed by atoms with Crippen molar-refractivity contribution < 1.29 is 29.3 Å². The summed E-state index contributed by atoms with van der Waals surface area (Å²) in [6.45, 7) is 5.49. The van der Waals surface area contributed by atoms with Crippen molar-refractivity contribution in [2.24, 2.45) is 0 Å². The molecule has 12 heteroatoms. The zero-order valence-corrected chi connectivity index (χ0v) is 19.3. The van der Waals surface area contributed by atoms with E-state index in [4.69, 9.17) is 24.5 Å². The monoisotopic (exact) mass is 472 g/mol. The number of nitrogens with zero attached hydrogens (tertiary/aromatic N) is 4. The van der Waals surface area contributed by atoms with E-state index in [1.807, 2.05) is 4.90 Å². The average molecular weight is 473 g/mol. The molecule has 0 saturated carbocycles. The number of hydrogen-bond acceptors (Lipinski definition) is 9. The second-order valence-electron chi connectivity index (χ2n) is 7.20. The number of thioether (sulfide) groups is 1. The SMILES string of the molecule is CCCC1COC(=O)N1CCCSc1nsnc1C1=CCCN(C)C1.O=C(O)C(=O)O. The lowest BCUT2D eigenvalue weighted by Gasteiger charge is -2.22. The molecule has 3 heterocycles. The zero-order valence-electron chi connectivity index (χ0n) is 17.7. The molecule has 1 fully saturated rings. The third-order valence-corrected chi connectivity index (χ3v) is 6.46. The standard InChI is InChI=1S/C17H26N4O2S2.C2H2O4/c1-3-6-14-12-23-17(22)21(14)9-5-10-24-16-15(18-25-19-16)13-7-4-8-20(2)11-13;3-1(4)2(5)6/h7,14H,3-6,8-12H2,1-2H3;(H,3,4)(H,5,6). The van der Waals surface area contributed by atoms with E-state index >= 15 is 0 Å². The summed E-state index contributed by atoms with van der Waals surface area (Å²) in [6.07, 6.45) is 6.23. The van der Waals surface area contributed by atoms with Crippen LogP contribution in [0.1, 0.15) is 38.3 Å². The second kappa shape index (κ2) is 12.6. The first kappa shape index (κ1) is 25.1. The van der Waals surface area contributed by atoms with E-state index < -0.39 is 11.9 Å². The van der Waals surface area contributed by atoms with Gasteiger partial charge in [-0.3, -0.25) is 0 Å². The number of carboxylic acids is 2. The van der Waals surface area contributed by atoms with Crippen LogP contribution in [0, 0.1) is 0 Å². The number of likely N-dealkylation sites (N-methyl/N-ethyl adjacent to an activating group) is 1. The zero-order chi connectivity index (χ0) is 22.8. The Hall–Kier alpha value is -2.18. The van der Waals surface area contributed by atoms with Crippen LogP contribution < -0.4 is 0 Å². The van der Waals surface area contributed by atoms with E-state index in [1.54, 1.807) is 11.8 Å². The summed E-state index contributed by atoms with van der Waals surface area (Å²) in [5.74, 6) is -2.71. The molecule has 10 nitrogen and oxygen atoms in total. The van der Waals surface area contributed by atoms with Crippen molar-refractivity contribution in [2.45, 2.75) is 43.7 Å². The number of amides is 1. The first-order valence-corrected chi connectivity index (χ1v) is 11.8. The van der Waals surface area contributed by atoms with Crippen LogP contribution in [0.2, 0.25) is 0 Å². The van der Waals surface area contributed by atoms with Gasteiger partial charge in [0.1, 0.15) is 17.3 Å². The van der Waals surface area contributed by atoms with Crippen LogP contribution in [0.3, 0.4) is 0 Å². The third kappa shape index (κ3) is 7.78. The quantitative estimate of drug-likeness (QED) is 0.330. The maximum Gasteiger partial charge on any atom is 0.414 e. The Morgan fingerprint density at radius 2 is 2.06 bits per heavy atom. The summed E-state index contributed by atoms with van der Waals surface area (Å²) < 4.78 is 14.2. The van der Waals surface area contributed by atoms with Crippen LogP contribution in [-0.4, -0.2) is 91.9 Å². The van der Waals surface area contributed by atoms with Crippen LogP contribution >= 0.6 is 23.5 Å².